The fraction of sp³-hybridized carbons (Fsp3) is 0.538. The van der Waals surface area contributed by atoms with E-state index < -0.39 is 10.0 Å². The number of pyridine rings is 1. The lowest BCUT2D eigenvalue weighted by molar-refractivity contribution is 0.0848. The fourth-order valence-electron chi connectivity index (χ4n) is 2.50. The Morgan fingerprint density at radius 2 is 2.15 bits per heavy atom. The molecule has 2 atom stereocenters. The van der Waals surface area contributed by atoms with Crippen molar-refractivity contribution in [2.24, 2.45) is 5.92 Å². The molecule has 1 aromatic heterocycles. The van der Waals surface area contributed by atoms with E-state index in [1.54, 1.807) is 0 Å². The molecule has 1 aliphatic carbocycles. The zero-order chi connectivity index (χ0) is 14.2. The topological polar surface area (TPSA) is 92.1 Å². The molecule has 0 spiro atoms. The van der Waals surface area contributed by atoms with Gasteiger partial charge in [-0.15, -0.1) is 0 Å². The highest BCUT2D eigenvalue weighted by molar-refractivity contribution is 7.89. The van der Waals surface area contributed by atoms with Crippen LogP contribution in [0, 0.1) is 17.2 Å². The van der Waals surface area contributed by atoms with Crippen molar-refractivity contribution in [2.45, 2.75) is 36.3 Å². The molecule has 0 amide bonds. The van der Waals surface area contributed by atoms with Crippen LogP contribution < -0.4 is 4.72 Å². The largest absolute Gasteiger partial charge is 0.376 e. The third-order valence-electron chi connectivity index (χ3n) is 3.69. The summed E-state index contributed by atoms with van der Waals surface area (Å²) in [6, 6.07) is 4.50. The number of aromatic nitrogens is 1. The number of ether oxygens (including phenoxy) is 1. The van der Waals surface area contributed by atoms with Crippen LogP contribution in [0.25, 0.3) is 0 Å². The molecule has 0 radical (unpaired) electrons. The minimum atomic E-state index is -3.61. The molecule has 1 aliphatic heterocycles. The minimum absolute atomic E-state index is 0.00360. The summed E-state index contributed by atoms with van der Waals surface area (Å²) in [7, 11) is -3.61. The third-order valence-corrected chi connectivity index (χ3v) is 5.17. The van der Waals surface area contributed by atoms with Crippen molar-refractivity contribution in [1.82, 2.24) is 9.71 Å². The van der Waals surface area contributed by atoms with Gasteiger partial charge in [0.1, 0.15) is 16.7 Å². The molecule has 2 unspecified atom stereocenters. The van der Waals surface area contributed by atoms with Crippen molar-refractivity contribution in [3.63, 3.8) is 0 Å². The van der Waals surface area contributed by atoms with Crippen LogP contribution in [0.2, 0.25) is 0 Å². The zero-order valence-electron chi connectivity index (χ0n) is 10.8. The van der Waals surface area contributed by atoms with E-state index >= 15 is 0 Å². The predicted molar refractivity (Wildman–Crippen MR) is 70.1 cm³/mol. The highest BCUT2D eigenvalue weighted by Gasteiger charge is 2.42. The zero-order valence-corrected chi connectivity index (χ0v) is 11.6. The van der Waals surface area contributed by atoms with Crippen molar-refractivity contribution < 1.29 is 13.2 Å². The van der Waals surface area contributed by atoms with Gasteiger partial charge < -0.3 is 4.74 Å². The maximum absolute atomic E-state index is 12.3. The Hall–Kier alpha value is -1.49. The van der Waals surface area contributed by atoms with Crippen LogP contribution in [0.3, 0.4) is 0 Å². The van der Waals surface area contributed by atoms with E-state index in [1.807, 2.05) is 6.07 Å². The molecule has 1 saturated carbocycles. The van der Waals surface area contributed by atoms with Gasteiger partial charge in [-0.3, -0.25) is 0 Å². The van der Waals surface area contributed by atoms with E-state index in [2.05, 4.69) is 9.71 Å². The van der Waals surface area contributed by atoms with Crippen LogP contribution in [-0.4, -0.2) is 32.2 Å². The van der Waals surface area contributed by atoms with E-state index in [4.69, 9.17) is 10.00 Å². The van der Waals surface area contributed by atoms with Gasteiger partial charge in [0.2, 0.25) is 10.0 Å². The lowest BCUT2D eigenvalue weighted by Gasteiger charge is -2.19. The molecule has 3 rings (SSSR count). The molecule has 2 heterocycles. The van der Waals surface area contributed by atoms with Crippen molar-refractivity contribution in [1.29, 1.82) is 5.26 Å². The normalized spacial score (nSPS) is 26.4. The first-order valence-electron chi connectivity index (χ1n) is 6.60. The van der Waals surface area contributed by atoms with Crippen LogP contribution in [0.1, 0.15) is 25.0 Å². The molecule has 2 fully saturated rings. The smallest absolute Gasteiger partial charge is 0.242 e. The number of rotatable bonds is 4. The van der Waals surface area contributed by atoms with Crippen LogP contribution in [-0.2, 0) is 14.8 Å². The first-order chi connectivity index (χ1) is 9.60. The Labute approximate surface area is 117 Å². The van der Waals surface area contributed by atoms with Crippen LogP contribution in [0.15, 0.2) is 23.2 Å². The van der Waals surface area contributed by atoms with Crippen molar-refractivity contribution in [3.8, 4) is 6.07 Å². The second-order valence-electron chi connectivity index (χ2n) is 5.18. The lowest BCUT2D eigenvalue weighted by Crippen LogP contribution is -2.41. The van der Waals surface area contributed by atoms with Gasteiger partial charge in [-0.05, 0) is 37.3 Å². The van der Waals surface area contributed by atoms with E-state index in [1.165, 1.54) is 18.3 Å². The van der Waals surface area contributed by atoms with Crippen molar-refractivity contribution in [2.75, 3.05) is 6.61 Å². The molecular weight excluding hydrogens is 278 g/mol. The summed E-state index contributed by atoms with van der Waals surface area (Å²) in [5.41, 5.74) is 0.198. The molecule has 0 aromatic carbocycles. The second kappa shape index (κ2) is 5.13. The van der Waals surface area contributed by atoms with E-state index in [9.17, 15) is 8.42 Å². The molecule has 1 N–H and O–H groups in total. The van der Waals surface area contributed by atoms with Crippen LogP contribution >= 0.6 is 0 Å². The molecule has 7 heteroatoms. The van der Waals surface area contributed by atoms with Gasteiger partial charge in [0.25, 0.3) is 0 Å². The molecule has 1 aromatic rings. The highest BCUT2D eigenvalue weighted by Crippen LogP contribution is 2.39. The molecule has 1 saturated heterocycles. The third kappa shape index (κ3) is 2.68. The Morgan fingerprint density at radius 3 is 2.75 bits per heavy atom. The Kier molecular flexibility index (Phi) is 3.46. The quantitative estimate of drug-likeness (QED) is 0.886. The fourth-order valence-corrected chi connectivity index (χ4v) is 3.72. The Morgan fingerprint density at radius 1 is 1.35 bits per heavy atom. The van der Waals surface area contributed by atoms with Gasteiger partial charge in [-0.1, -0.05) is 0 Å². The SMILES string of the molecule is N#Cc1ccc(S(=O)(=O)NC2CCOC2C2CC2)cn1. The van der Waals surface area contributed by atoms with E-state index in [0.717, 1.165) is 12.8 Å². The predicted octanol–water partition coefficient (Wildman–Crippen LogP) is 0.799. The van der Waals surface area contributed by atoms with E-state index in [0.29, 0.717) is 18.9 Å². The molecular formula is C13H15N3O3S. The van der Waals surface area contributed by atoms with Crippen molar-refractivity contribution in [3.05, 3.63) is 24.0 Å². The lowest BCUT2D eigenvalue weighted by atomic mass is 10.1. The molecule has 2 aliphatic rings. The number of hydrogen-bond acceptors (Lipinski definition) is 5. The van der Waals surface area contributed by atoms with Crippen LogP contribution in [0.5, 0.6) is 0 Å². The van der Waals surface area contributed by atoms with Gasteiger partial charge in [-0.25, -0.2) is 18.1 Å². The van der Waals surface area contributed by atoms with Crippen LogP contribution in [0.4, 0.5) is 0 Å². The minimum Gasteiger partial charge on any atom is -0.376 e. The van der Waals surface area contributed by atoms with E-state index in [-0.39, 0.29) is 22.7 Å². The number of sulfonamides is 1. The van der Waals surface area contributed by atoms with Gasteiger partial charge in [0.15, 0.2) is 0 Å². The van der Waals surface area contributed by atoms with Crippen molar-refractivity contribution >= 4 is 10.0 Å². The van der Waals surface area contributed by atoms with Gasteiger partial charge in [0, 0.05) is 12.8 Å². The molecule has 106 valence electrons. The first-order valence-corrected chi connectivity index (χ1v) is 8.08. The maximum Gasteiger partial charge on any atom is 0.242 e. The summed E-state index contributed by atoms with van der Waals surface area (Å²) in [4.78, 5) is 3.87. The summed E-state index contributed by atoms with van der Waals surface area (Å²) < 4.78 is 32.9. The van der Waals surface area contributed by atoms with Gasteiger partial charge >= 0.3 is 0 Å². The standard InChI is InChI=1S/C13H15N3O3S/c14-7-10-3-4-11(8-15-10)20(17,18)16-12-5-6-19-13(12)9-1-2-9/h3-4,8-9,12-13,16H,1-2,5-6H2. The maximum atomic E-state index is 12.3. The summed E-state index contributed by atoms with van der Waals surface area (Å²) in [6.07, 6.45) is 4.13. The first kappa shape index (κ1) is 13.5. The number of nitrogens with zero attached hydrogens (tertiary/aromatic N) is 2. The molecule has 0 bridgehead atoms. The average molecular weight is 293 g/mol. The summed E-state index contributed by atoms with van der Waals surface area (Å²) in [5, 5.41) is 8.67. The summed E-state index contributed by atoms with van der Waals surface area (Å²) in [5.74, 6) is 0.490. The second-order valence-corrected chi connectivity index (χ2v) is 6.89. The Bertz CT molecular complexity index is 632. The average Bonchev–Trinajstić information content (AvgIpc) is 3.19. The highest BCUT2D eigenvalue weighted by atomic mass is 32.2. The summed E-state index contributed by atoms with van der Waals surface area (Å²) in [6.45, 7) is 0.597. The number of nitriles is 1. The van der Waals surface area contributed by atoms with Gasteiger partial charge in [0.05, 0.1) is 12.1 Å². The summed E-state index contributed by atoms with van der Waals surface area (Å²) >= 11 is 0. The number of hydrogen-bond donors (Lipinski definition) is 1. The molecule has 20 heavy (non-hydrogen) atoms. The van der Waals surface area contributed by atoms with Gasteiger partial charge in [-0.2, -0.15) is 5.26 Å². The monoisotopic (exact) mass is 293 g/mol. The Balaban J connectivity index is 1.76. The molecule has 6 nitrogen and oxygen atoms in total. The number of nitrogens with one attached hydrogen (secondary N) is 1.